The number of anilines is 1. The van der Waals surface area contributed by atoms with Crippen LogP contribution < -0.4 is 4.90 Å². The first kappa shape index (κ1) is 23.8. The smallest absolute Gasteiger partial charge is 0.410 e. The van der Waals surface area contributed by atoms with Crippen LogP contribution in [-0.2, 0) is 9.53 Å². The van der Waals surface area contributed by atoms with Crippen molar-refractivity contribution in [1.82, 2.24) is 19.9 Å². The zero-order valence-corrected chi connectivity index (χ0v) is 19.9. The molecule has 0 unspecified atom stereocenters. The summed E-state index contributed by atoms with van der Waals surface area (Å²) >= 11 is 0. The normalized spacial score (nSPS) is 18.7. The number of carbonyl (C=O) groups is 3. The molecule has 2 aromatic heterocycles. The molecule has 3 amide bonds. The lowest BCUT2D eigenvalue weighted by molar-refractivity contribution is -0.127. The molecule has 2 aromatic rings. The van der Waals surface area contributed by atoms with E-state index in [1.165, 1.54) is 42.8 Å². The molecule has 3 heterocycles. The molecule has 2 fully saturated rings. The Labute approximate surface area is 199 Å². The van der Waals surface area contributed by atoms with Gasteiger partial charge in [0.1, 0.15) is 17.3 Å². The van der Waals surface area contributed by atoms with Crippen molar-refractivity contribution in [1.29, 1.82) is 0 Å². The van der Waals surface area contributed by atoms with E-state index in [0.29, 0.717) is 24.6 Å². The first-order chi connectivity index (χ1) is 16.2. The van der Waals surface area contributed by atoms with Crippen LogP contribution in [0, 0.1) is 0 Å². The highest BCUT2D eigenvalue weighted by atomic mass is 16.6. The number of likely N-dealkylation sites (tertiary alicyclic amines) is 1. The van der Waals surface area contributed by atoms with E-state index in [0.717, 1.165) is 23.4 Å². The van der Waals surface area contributed by atoms with Gasteiger partial charge in [-0.05, 0) is 52.2 Å². The van der Waals surface area contributed by atoms with Gasteiger partial charge in [-0.3, -0.25) is 24.5 Å². The largest absolute Gasteiger partial charge is 0.444 e. The van der Waals surface area contributed by atoms with Gasteiger partial charge >= 0.3 is 6.09 Å². The van der Waals surface area contributed by atoms with Gasteiger partial charge in [-0.2, -0.15) is 0 Å². The van der Waals surface area contributed by atoms with E-state index < -0.39 is 29.6 Å². The third-order valence-electron chi connectivity index (χ3n) is 6.19. The van der Waals surface area contributed by atoms with Crippen molar-refractivity contribution in [3.8, 4) is 0 Å². The minimum atomic E-state index is -0.790. The molecule has 2 aliphatic rings. The molecule has 0 radical (unpaired) electrons. The van der Waals surface area contributed by atoms with Gasteiger partial charge < -0.3 is 4.74 Å². The van der Waals surface area contributed by atoms with Crippen molar-refractivity contribution in [3.63, 3.8) is 0 Å². The number of amides is 3. The fourth-order valence-electron chi connectivity index (χ4n) is 4.34. The maximum absolute atomic E-state index is 13.5. The molecule has 0 spiro atoms. The van der Waals surface area contributed by atoms with E-state index in [-0.39, 0.29) is 5.69 Å². The van der Waals surface area contributed by atoms with E-state index in [9.17, 15) is 14.4 Å². The number of rotatable bonds is 4. The topological polar surface area (TPSA) is 106 Å². The molecule has 0 aromatic carbocycles. The molecule has 1 saturated heterocycles. The van der Waals surface area contributed by atoms with Gasteiger partial charge in [-0.25, -0.2) is 14.7 Å². The van der Waals surface area contributed by atoms with Gasteiger partial charge in [-0.1, -0.05) is 19.3 Å². The van der Waals surface area contributed by atoms with Crippen molar-refractivity contribution in [2.24, 2.45) is 0 Å². The minimum Gasteiger partial charge on any atom is -0.444 e. The number of carbonyl (C=O) groups excluding carboxylic acids is 3. The van der Waals surface area contributed by atoms with Crippen molar-refractivity contribution in [2.45, 2.75) is 76.9 Å². The van der Waals surface area contributed by atoms with Gasteiger partial charge in [0.15, 0.2) is 0 Å². The fraction of sp³-hybridized carbons (Fsp3) is 0.520. The monoisotopic (exact) mass is 465 g/mol. The average Bonchev–Trinajstić information content (AvgIpc) is 2.78. The Morgan fingerprint density at radius 3 is 2.26 bits per heavy atom. The van der Waals surface area contributed by atoms with Gasteiger partial charge in [-0.15, -0.1) is 0 Å². The Bertz CT molecular complexity index is 1030. The van der Waals surface area contributed by atoms with Crippen LogP contribution >= 0.6 is 0 Å². The molecule has 1 aliphatic heterocycles. The molecule has 1 atom stereocenters. The van der Waals surface area contributed by atoms with E-state index in [2.05, 4.69) is 15.0 Å². The van der Waals surface area contributed by atoms with Gasteiger partial charge in [0.25, 0.3) is 11.8 Å². The molecule has 4 rings (SSSR count). The van der Waals surface area contributed by atoms with Crippen molar-refractivity contribution < 1.29 is 19.1 Å². The summed E-state index contributed by atoms with van der Waals surface area (Å²) < 4.78 is 5.42. The Hall–Kier alpha value is -3.36. The highest BCUT2D eigenvalue weighted by molar-refractivity contribution is 6.22. The Balaban J connectivity index is 1.56. The highest BCUT2D eigenvalue weighted by Crippen LogP contribution is 2.31. The van der Waals surface area contributed by atoms with Crippen molar-refractivity contribution in [2.75, 3.05) is 11.4 Å². The molecule has 180 valence electrons. The van der Waals surface area contributed by atoms with Gasteiger partial charge in [0, 0.05) is 31.1 Å². The molecule has 1 aliphatic carbocycles. The second kappa shape index (κ2) is 9.87. The predicted molar refractivity (Wildman–Crippen MR) is 125 cm³/mol. The molecule has 34 heavy (non-hydrogen) atoms. The van der Waals surface area contributed by atoms with Crippen LogP contribution in [0.2, 0.25) is 0 Å². The summed E-state index contributed by atoms with van der Waals surface area (Å²) in [6.45, 7) is 5.69. The standard InChI is InChI=1S/C25H31N5O4/c1-25(2,3)34-24(33)29-14-11-21(29)23(32)30(18-9-12-26-13-10-18)22(31)20-16-27-19(15-28-20)17-7-5-4-6-8-17/h9-10,12-13,15-17,21H,4-8,11,14H2,1-3H3/t21-/m1/s1. The number of imide groups is 1. The first-order valence-electron chi connectivity index (χ1n) is 11.8. The molecular formula is C25H31N5O4. The molecule has 1 saturated carbocycles. The molecule has 0 bridgehead atoms. The van der Waals surface area contributed by atoms with Gasteiger partial charge in [0.2, 0.25) is 0 Å². The third kappa shape index (κ3) is 5.24. The summed E-state index contributed by atoms with van der Waals surface area (Å²) in [6, 6.07) is 2.37. The van der Waals surface area contributed by atoms with Crippen LogP contribution in [0.4, 0.5) is 10.5 Å². The first-order valence-corrected chi connectivity index (χ1v) is 11.8. The lowest BCUT2D eigenvalue weighted by atomic mass is 9.87. The van der Waals surface area contributed by atoms with Crippen LogP contribution in [0.25, 0.3) is 0 Å². The lowest BCUT2D eigenvalue weighted by Crippen LogP contribution is -2.60. The number of hydrogen-bond donors (Lipinski definition) is 0. The number of nitrogens with zero attached hydrogens (tertiary/aromatic N) is 5. The predicted octanol–water partition coefficient (Wildman–Crippen LogP) is 4.10. The zero-order valence-electron chi connectivity index (χ0n) is 19.9. The van der Waals surface area contributed by atoms with Crippen LogP contribution in [-0.4, -0.2) is 55.9 Å². The number of ether oxygens (including phenoxy) is 1. The third-order valence-corrected chi connectivity index (χ3v) is 6.19. The maximum atomic E-state index is 13.5. The molecule has 9 nitrogen and oxygen atoms in total. The molecule has 0 N–H and O–H groups in total. The SMILES string of the molecule is CC(C)(C)OC(=O)N1CC[C@@H]1C(=O)N(C(=O)c1cnc(C2CCCCC2)cn1)c1ccncc1. The second-order valence-corrected chi connectivity index (χ2v) is 9.82. The number of pyridine rings is 1. The van der Waals surface area contributed by atoms with Crippen molar-refractivity contribution >= 4 is 23.6 Å². The lowest BCUT2D eigenvalue weighted by Gasteiger charge is -2.41. The Kier molecular flexibility index (Phi) is 6.90. The summed E-state index contributed by atoms with van der Waals surface area (Å²) in [4.78, 5) is 54.8. The molecular weight excluding hydrogens is 434 g/mol. The van der Waals surface area contributed by atoms with Gasteiger partial charge in [0.05, 0.1) is 17.6 Å². The quantitative estimate of drug-likeness (QED) is 0.626. The van der Waals surface area contributed by atoms with E-state index >= 15 is 0 Å². The maximum Gasteiger partial charge on any atom is 0.410 e. The summed E-state index contributed by atoms with van der Waals surface area (Å²) in [5.41, 5.74) is 0.636. The highest BCUT2D eigenvalue weighted by Gasteiger charge is 2.44. The summed E-state index contributed by atoms with van der Waals surface area (Å²) in [5.74, 6) is -0.734. The number of hydrogen-bond acceptors (Lipinski definition) is 7. The van der Waals surface area contributed by atoms with Crippen LogP contribution in [0.5, 0.6) is 0 Å². The van der Waals surface area contributed by atoms with Crippen LogP contribution in [0.3, 0.4) is 0 Å². The van der Waals surface area contributed by atoms with E-state index in [4.69, 9.17) is 4.74 Å². The Morgan fingerprint density at radius 1 is 1.00 bits per heavy atom. The van der Waals surface area contributed by atoms with Crippen LogP contribution in [0.1, 0.15) is 81.4 Å². The van der Waals surface area contributed by atoms with E-state index in [1.807, 2.05) is 0 Å². The summed E-state index contributed by atoms with van der Waals surface area (Å²) in [7, 11) is 0. The summed E-state index contributed by atoms with van der Waals surface area (Å²) in [6.07, 6.45) is 11.7. The second-order valence-electron chi connectivity index (χ2n) is 9.82. The van der Waals surface area contributed by atoms with E-state index in [1.54, 1.807) is 39.1 Å². The van der Waals surface area contributed by atoms with Crippen LogP contribution in [0.15, 0.2) is 36.9 Å². The molecule has 9 heteroatoms. The number of aromatic nitrogens is 3. The fourth-order valence-corrected chi connectivity index (χ4v) is 4.34. The van der Waals surface area contributed by atoms with Crippen molar-refractivity contribution in [3.05, 3.63) is 48.3 Å². The zero-order chi connectivity index (χ0) is 24.3. The Morgan fingerprint density at radius 2 is 1.71 bits per heavy atom. The average molecular weight is 466 g/mol. The minimum absolute atomic E-state index is 0.0767. The summed E-state index contributed by atoms with van der Waals surface area (Å²) in [5, 5.41) is 0.